The van der Waals surface area contributed by atoms with Crippen LogP contribution >= 0.6 is 0 Å². The summed E-state index contributed by atoms with van der Waals surface area (Å²) in [5.74, 6) is 0. The maximum atomic E-state index is 12.1. The van der Waals surface area contributed by atoms with Crippen molar-refractivity contribution in [1.29, 1.82) is 0 Å². The van der Waals surface area contributed by atoms with E-state index in [9.17, 15) is 43.3 Å². The van der Waals surface area contributed by atoms with Crippen LogP contribution in [-0.4, -0.2) is 27.7 Å². The molecule has 0 aliphatic heterocycles. The number of aryl methyl sites for hydroxylation is 6. The van der Waals surface area contributed by atoms with Gasteiger partial charge in [0.25, 0.3) is 15.8 Å². The van der Waals surface area contributed by atoms with Gasteiger partial charge in [0.05, 0.1) is 43.2 Å². The van der Waals surface area contributed by atoms with Gasteiger partial charge in [0.2, 0.25) is 5.69 Å². The summed E-state index contributed by atoms with van der Waals surface area (Å²) in [4.78, 5) is 32.8. The van der Waals surface area contributed by atoms with Crippen LogP contribution in [0.25, 0.3) is 32.7 Å². The van der Waals surface area contributed by atoms with Crippen LogP contribution in [0.5, 0.6) is 0 Å². The van der Waals surface area contributed by atoms with Crippen molar-refractivity contribution in [3.8, 4) is 11.1 Å². The Balaban J connectivity index is 1.05. The smallest absolute Gasteiger partial charge is 0.282 e. The lowest BCUT2D eigenvalue weighted by molar-refractivity contribution is -0.402. The van der Waals surface area contributed by atoms with E-state index in [1.165, 1.54) is 22.7 Å². The van der Waals surface area contributed by atoms with Crippen molar-refractivity contribution < 1.29 is 27.7 Å². The van der Waals surface area contributed by atoms with Crippen LogP contribution in [0.2, 0.25) is 0 Å². The Morgan fingerprint density at radius 2 is 1.17 bits per heavy atom. The zero-order valence-electron chi connectivity index (χ0n) is 35.1. The van der Waals surface area contributed by atoms with Gasteiger partial charge < -0.3 is 0 Å². The second-order valence-corrected chi connectivity index (χ2v) is 17.3. The molecule has 0 amide bonds. The van der Waals surface area contributed by atoms with Crippen molar-refractivity contribution in [3.63, 3.8) is 0 Å². The maximum absolute atomic E-state index is 12.1. The first-order valence-corrected chi connectivity index (χ1v) is 21.8. The molecule has 0 aliphatic rings. The number of rotatable bonds is 16. The summed E-state index contributed by atoms with van der Waals surface area (Å²) in [6.45, 7) is 7.83. The molecule has 63 heavy (non-hydrogen) atoms. The number of non-ortho nitro benzene ring substituents is 1. The number of nitro groups is 3. The predicted molar refractivity (Wildman–Crippen MR) is 245 cm³/mol. The van der Waals surface area contributed by atoms with Gasteiger partial charge in [-0.15, -0.1) is 0 Å². The van der Waals surface area contributed by atoms with E-state index >= 15 is 0 Å². The molecule has 15 heteroatoms. The molecule has 0 fully saturated rings. The topological polar surface area (TPSA) is 201 Å². The Morgan fingerprint density at radius 3 is 1.76 bits per heavy atom. The quantitative estimate of drug-likeness (QED) is 0.0320. The van der Waals surface area contributed by atoms with Crippen molar-refractivity contribution in [1.82, 2.24) is 5.43 Å². The fourth-order valence-corrected chi connectivity index (χ4v) is 8.43. The van der Waals surface area contributed by atoms with Gasteiger partial charge in [-0.1, -0.05) is 79.1 Å². The van der Waals surface area contributed by atoms with Crippen LogP contribution in [0.4, 0.5) is 34.1 Å². The molecule has 0 aromatic heterocycles. The summed E-state index contributed by atoms with van der Waals surface area (Å²) < 4.78 is 33.0. The first-order chi connectivity index (χ1) is 30.0. The number of fused-ring (bicyclic) bond motifs is 2. The third kappa shape index (κ3) is 9.64. The Morgan fingerprint density at radius 1 is 0.587 bits per heavy atom. The summed E-state index contributed by atoms with van der Waals surface area (Å²) in [7, 11) is -4.31. The largest absolute Gasteiger partial charge is 0.310 e. The normalized spacial score (nSPS) is 11.5. The summed E-state index contributed by atoms with van der Waals surface area (Å²) in [5, 5.41) is 41.4. The molecule has 0 heterocycles. The van der Waals surface area contributed by atoms with E-state index in [0.717, 1.165) is 99.0 Å². The van der Waals surface area contributed by atoms with E-state index in [-0.39, 0.29) is 4.90 Å². The summed E-state index contributed by atoms with van der Waals surface area (Å²) in [6.07, 6.45) is 5.66. The lowest BCUT2D eigenvalue weighted by Crippen LogP contribution is -2.25. The highest BCUT2D eigenvalue weighted by atomic mass is 32.2. The Hall–Kier alpha value is -7.23. The zero-order chi connectivity index (χ0) is 45.2. The van der Waals surface area contributed by atoms with Gasteiger partial charge in [0, 0.05) is 0 Å². The minimum atomic E-state index is -4.31. The van der Waals surface area contributed by atoms with Crippen molar-refractivity contribution in [2.24, 2.45) is 0 Å². The van der Waals surface area contributed by atoms with Crippen LogP contribution in [0.15, 0.2) is 120 Å². The number of hydrogen-bond acceptors (Lipinski definition) is 9. The molecular weight excluding hydrogens is 823 g/mol. The second-order valence-electron chi connectivity index (χ2n) is 15.8. The predicted octanol–water partition coefficient (Wildman–Crippen LogP) is 12.2. The van der Waals surface area contributed by atoms with Crippen molar-refractivity contribution in [3.05, 3.63) is 179 Å². The molecule has 0 bridgehead atoms. The van der Waals surface area contributed by atoms with Crippen LogP contribution in [-0.2, 0) is 23.0 Å². The average molecular weight is 867 g/mol. The summed E-state index contributed by atoms with van der Waals surface area (Å²) >= 11 is 0. The lowest BCUT2D eigenvalue weighted by Gasteiger charge is -2.25. The molecule has 14 nitrogen and oxygen atoms in total. The number of hydrogen-bond donors (Lipinski definition) is 1. The van der Waals surface area contributed by atoms with Gasteiger partial charge in [-0.3, -0.25) is 34.9 Å². The number of anilines is 2. The van der Waals surface area contributed by atoms with Crippen LogP contribution in [0.1, 0.15) is 59.1 Å². The van der Waals surface area contributed by atoms with E-state index < -0.39 is 47.6 Å². The van der Waals surface area contributed by atoms with Gasteiger partial charge in [-0.25, -0.2) is 5.01 Å². The number of nitrogens with zero attached hydrogens (tertiary/aromatic N) is 5. The standard InChI is InChI=1S/C48H44N5O9S/c1-30-11-21-43-37(23-30)27-38-26-34(13-22-44(38)47(43)36-15-19-42(20-16-36)63(60,61)62)9-7-5-6-8-10-35-14-18-40(25-33(35)4)50(39-17-12-31(2)32(3)24-39)49-48-45(52(56)57)28-41(51(54)55)29-46(48)53(58)59/h11-29H,5-10H2,1-4H3,(H,60,61,62). The fraction of sp³-hybridized carbons (Fsp3) is 0.208. The minimum Gasteiger partial charge on any atom is -0.282 e. The SMILES string of the molecule is Cc1ccc2c(-c3ccc(S(=O)(=O)O)cc3)c3ccc(CCCCCCc4ccc(N([N]c5c([N+](=O)[O-])cc([N+](=O)[O-])cc5[N+](=O)[O-])c5ccc(C)c(C)c5)cc4C)cc3cc2c1. The van der Waals surface area contributed by atoms with Gasteiger partial charge in [0.1, 0.15) is 0 Å². The van der Waals surface area contributed by atoms with Gasteiger partial charge in [-0.05, 0) is 156 Å². The molecule has 7 aromatic rings. The number of nitro benzene ring substituents is 3. The molecule has 0 aliphatic carbocycles. The third-order valence-corrected chi connectivity index (χ3v) is 12.3. The highest BCUT2D eigenvalue weighted by molar-refractivity contribution is 7.85. The van der Waals surface area contributed by atoms with E-state index in [2.05, 4.69) is 54.8 Å². The van der Waals surface area contributed by atoms with E-state index in [1.807, 2.05) is 51.1 Å². The number of benzene rings is 7. The highest BCUT2D eigenvalue weighted by Gasteiger charge is 2.34. The zero-order valence-corrected chi connectivity index (χ0v) is 35.9. The molecule has 0 saturated heterocycles. The maximum Gasteiger partial charge on any atom is 0.310 e. The first-order valence-electron chi connectivity index (χ1n) is 20.3. The lowest BCUT2D eigenvalue weighted by atomic mass is 9.90. The van der Waals surface area contributed by atoms with Crippen molar-refractivity contribution in [2.75, 3.05) is 5.01 Å². The third-order valence-electron chi connectivity index (χ3n) is 11.4. The molecule has 0 spiro atoms. The van der Waals surface area contributed by atoms with Gasteiger partial charge >= 0.3 is 11.4 Å². The molecule has 0 unspecified atom stereocenters. The molecule has 0 saturated carbocycles. The molecule has 0 atom stereocenters. The van der Waals surface area contributed by atoms with Crippen LogP contribution in [0, 0.1) is 58.0 Å². The van der Waals surface area contributed by atoms with Crippen molar-refractivity contribution >= 4 is 65.8 Å². The molecule has 7 rings (SSSR count). The fourth-order valence-electron chi connectivity index (χ4n) is 7.95. The molecule has 1 radical (unpaired) electrons. The van der Waals surface area contributed by atoms with Crippen LogP contribution < -0.4 is 10.4 Å². The molecule has 7 aromatic carbocycles. The average Bonchev–Trinajstić information content (AvgIpc) is 3.23. The van der Waals surface area contributed by atoms with E-state index in [0.29, 0.717) is 23.5 Å². The minimum absolute atomic E-state index is 0.152. The highest BCUT2D eigenvalue weighted by Crippen LogP contribution is 2.42. The monoisotopic (exact) mass is 866 g/mol. The summed E-state index contributed by atoms with van der Waals surface area (Å²) in [6, 6.07) is 33.7. The van der Waals surface area contributed by atoms with Crippen molar-refractivity contribution in [2.45, 2.75) is 71.1 Å². The number of unbranched alkanes of at least 4 members (excludes halogenated alkanes) is 3. The van der Waals surface area contributed by atoms with Crippen LogP contribution in [0.3, 0.4) is 0 Å². The molecular formula is C48H44N5O9S. The van der Waals surface area contributed by atoms with E-state index in [1.54, 1.807) is 18.2 Å². The van der Waals surface area contributed by atoms with E-state index in [4.69, 9.17) is 0 Å². The molecule has 321 valence electrons. The first kappa shape index (κ1) is 43.8. The Kier molecular flexibility index (Phi) is 12.5. The van der Waals surface area contributed by atoms with Gasteiger partial charge in [-0.2, -0.15) is 13.8 Å². The van der Waals surface area contributed by atoms with Gasteiger partial charge in [0.15, 0.2) is 0 Å². The second kappa shape index (κ2) is 18.0. The Bertz CT molecular complexity index is 3030. The summed E-state index contributed by atoms with van der Waals surface area (Å²) in [5.41, 5.74) is 10.5. The Labute approximate surface area is 364 Å². The molecule has 1 N–H and O–H groups in total.